The van der Waals surface area contributed by atoms with Crippen molar-refractivity contribution in [2.24, 2.45) is 0 Å². The van der Waals surface area contributed by atoms with E-state index in [-0.39, 0.29) is 12.4 Å². The molecule has 2 heteroatoms. The molecule has 52 valence electrons. The molecule has 0 radical (unpaired) electrons. The van der Waals surface area contributed by atoms with E-state index in [0.29, 0.717) is 0 Å². The number of nitrogens with one attached hydrogen (secondary N) is 1. The van der Waals surface area contributed by atoms with Gasteiger partial charge in [0.1, 0.15) is 6.54 Å². The van der Waals surface area contributed by atoms with Crippen molar-refractivity contribution in [1.82, 2.24) is 0 Å². The normalized spacial score (nSPS) is 17.6. The Labute approximate surface area is 62.3 Å². The van der Waals surface area contributed by atoms with Crippen molar-refractivity contribution in [1.29, 1.82) is 0 Å². The van der Waals surface area contributed by atoms with Crippen LogP contribution in [0.15, 0.2) is 12.7 Å². The number of hydrogen-bond acceptors (Lipinski definition) is 0. The van der Waals surface area contributed by atoms with E-state index in [1.807, 2.05) is 6.08 Å². The minimum atomic E-state index is 0. The largest absolute Gasteiger partial charge is 1.00 e. The lowest BCUT2D eigenvalue weighted by atomic mass is 10.1. The molecule has 1 rings (SSSR count). The molecule has 1 N–H and O–H groups in total. The molecule has 0 aliphatic carbocycles. The van der Waals surface area contributed by atoms with Gasteiger partial charge >= 0.3 is 0 Å². The van der Waals surface area contributed by atoms with Gasteiger partial charge in [-0.05, 0) is 12.5 Å². The quantitative estimate of drug-likeness (QED) is 0.402. The Bertz CT molecular complexity index is 118. The fourth-order valence-corrected chi connectivity index (χ4v) is 0.952. The number of rotatable bonds is 1. The Hall–Kier alpha value is -0.300. The van der Waals surface area contributed by atoms with Crippen LogP contribution in [0.5, 0.6) is 0 Å². The van der Waals surface area contributed by atoms with Crippen molar-refractivity contribution < 1.29 is 17.4 Å². The van der Waals surface area contributed by atoms with Gasteiger partial charge in [0.2, 0.25) is 0 Å². The third-order valence-corrected chi connectivity index (χ3v) is 1.47. The Morgan fingerprint density at radius 2 is 2.22 bits per heavy atom. The van der Waals surface area contributed by atoms with Crippen molar-refractivity contribution in [3.8, 4) is 0 Å². The molecule has 0 bridgehead atoms. The van der Waals surface area contributed by atoms with E-state index >= 15 is 0 Å². The summed E-state index contributed by atoms with van der Waals surface area (Å²) < 4.78 is 0. The molecule has 0 aromatic rings. The Morgan fingerprint density at radius 3 is 2.56 bits per heavy atom. The fourth-order valence-electron chi connectivity index (χ4n) is 0.952. The zero-order valence-corrected chi connectivity index (χ0v) is 6.25. The molecule has 0 amide bonds. The molecule has 0 aromatic carbocycles. The average Bonchev–Trinajstić information content (AvgIpc) is 1.90. The summed E-state index contributed by atoms with van der Waals surface area (Å²) in [4.78, 5) is 3.27. The SMILES string of the molecule is C=CC1=[NH+]CCCC1.[Cl-]. The van der Waals surface area contributed by atoms with Crippen LogP contribution in [0.3, 0.4) is 0 Å². The highest BCUT2D eigenvalue weighted by atomic mass is 35.5. The molecule has 0 saturated heterocycles. The van der Waals surface area contributed by atoms with Gasteiger partial charge in [-0.15, -0.1) is 0 Å². The minimum absolute atomic E-state index is 0. The zero-order chi connectivity index (χ0) is 5.82. The highest BCUT2D eigenvalue weighted by molar-refractivity contribution is 5.89. The van der Waals surface area contributed by atoms with E-state index in [1.54, 1.807) is 0 Å². The van der Waals surface area contributed by atoms with Gasteiger partial charge in [0.25, 0.3) is 0 Å². The standard InChI is InChI=1S/C7H11N.ClH/c1-2-7-5-3-4-6-8-7;/h2H,1,3-6H2;1H. The van der Waals surface area contributed by atoms with Gasteiger partial charge in [-0.3, -0.25) is 0 Å². The maximum atomic E-state index is 3.68. The van der Waals surface area contributed by atoms with Crippen LogP contribution in [0, 0.1) is 0 Å². The average molecular weight is 146 g/mol. The Kier molecular flexibility index (Phi) is 4.41. The van der Waals surface area contributed by atoms with E-state index in [1.165, 1.54) is 25.0 Å². The lowest BCUT2D eigenvalue weighted by molar-refractivity contribution is -0.462. The second-order valence-corrected chi connectivity index (χ2v) is 2.11. The van der Waals surface area contributed by atoms with Gasteiger partial charge in [0.15, 0.2) is 5.71 Å². The number of allylic oxidation sites excluding steroid dienone is 1. The van der Waals surface area contributed by atoms with E-state index in [2.05, 4.69) is 11.6 Å². The number of hydrogen-bond donors (Lipinski definition) is 1. The van der Waals surface area contributed by atoms with Crippen molar-refractivity contribution in [3.05, 3.63) is 12.7 Å². The highest BCUT2D eigenvalue weighted by Gasteiger charge is 2.05. The van der Waals surface area contributed by atoms with Crippen LogP contribution in [-0.2, 0) is 0 Å². The van der Waals surface area contributed by atoms with Crippen LogP contribution in [0.25, 0.3) is 0 Å². The predicted octanol–water partition coefficient (Wildman–Crippen LogP) is -3.12. The lowest BCUT2D eigenvalue weighted by Crippen LogP contribution is -3.00. The van der Waals surface area contributed by atoms with Gasteiger partial charge < -0.3 is 12.4 Å². The Morgan fingerprint density at radius 1 is 1.44 bits per heavy atom. The van der Waals surface area contributed by atoms with Crippen LogP contribution in [0.2, 0.25) is 0 Å². The topological polar surface area (TPSA) is 14.0 Å². The molecular formula is C7H12ClN. The first-order valence-corrected chi connectivity index (χ1v) is 3.15. The van der Waals surface area contributed by atoms with Crippen LogP contribution in [0.4, 0.5) is 0 Å². The molecule has 0 unspecified atom stereocenters. The summed E-state index contributed by atoms with van der Waals surface area (Å²) in [6.45, 7) is 4.83. The van der Waals surface area contributed by atoms with Crippen molar-refractivity contribution >= 4 is 5.71 Å². The second-order valence-electron chi connectivity index (χ2n) is 2.11. The molecule has 1 aliphatic rings. The zero-order valence-electron chi connectivity index (χ0n) is 5.49. The second kappa shape index (κ2) is 4.57. The summed E-state index contributed by atoms with van der Waals surface area (Å²) in [5.74, 6) is 0. The van der Waals surface area contributed by atoms with Gasteiger partial charge in [0.05, 0.1) is 0 Å². The van der Waals surface area contributed by atoms with Gasteiger partial charge in [-0.2, -0.15) is 0 Å². The molecule has 1 heterocycles. The van der Waals surface area contributed by atoms with Crippen LogP contribution in [-0.4, -0.2) is 12.3 Å². The summed E-state index contributed by atoms with van der Waals surface area (Å²) in [7, 11) is 0. The monoisotopic (exact) mass is 145 g/mol. The molecule has 1 nitrogen and oxygen atoms in total. The van der Waals surface area contributed by atoms with E-state index in [9.17, 15) is 0 Å². The maximum absolute atomic E-state index is 3.68. The third kappa shape index (κ3) is 2.66. The summed E-state index contributed by atoms with van der Waals surface area (Å²) >= 11 is 0. The molecule has 9 heavy (non-hydrogen) atoms. The molecule has 0 spiro atoms. The molecule has 1 aliphatic heterocycles. The van der Waals surface area contributed by atoms with Gasteiger partial charge in [-0.25, -0.2) is 4.99 Å². The first-order chi connectivity index (χ1) is 3.93. The Balaban J connectivity index is 0.000000640. The third-order valence-electron chi connectivity index (χ3n) is 1.47. The molecule has 0 atom stereocenters. The van der Waals surface area contributed by atoms with Crippen molar-refractivity contribution in [2.75, 3.05) is 6.54 Å². The smallest absolute Gasteiger partial charge is 0.173 e. The summed E-state index contributed by atoms with van der Waals surface area (Å²) in [5, 5.41) is 0. The van der Waals surface area contributed by atoms with Gasteiger partial charge in [-0.1, -0.05) is 6.58 Å². The first-order valence-electron chi connectivity index (χ1n) is 3.15. The van der Waals surface area contributed by atoms with Crippen LogP contribution < -0.4 is 17.4 Å². The molecule has 0 aromatic heterocycles. The molecular weight excluding hydrogens is 134 g/mol. The minimum Gasteiger partial charge on any atom is -1.00 e. The highest BCUT2D eigenvalue weighted by Crippen LogP contribution is 1.95. The van der Waals surface area contributed by atoms with E-state index in [0.717, 1.165) is 6.54 Å². The van der Waals surface area contributed by atoms with E-state index in [4.69, 9.17) is 0 Å². The van der Waals surface area contributed by atoms with Crippen LogP contribution >= 0.6 is 0 Å². The van der Waals surface area contributed by atoms with Crippen molar-refractivity contribution in [3.63, 3.8) is 0 Å². The van der Waals surface area contributed by atoms with Crippen LogP contribution in [0.1, 0.15) is 19.3 Å². The van der Waals surface area contributed by atoms with Gasteiger partial charge in [0, 0.05) is 12.8 Å². The summed E-state index contributed by atoms with van der Waals surface area (Å²) in [6, 6.07) is 0. The predicted molar refractivity (Wildman–Crippen MR) is 34.9 cm³/mol. The van der Waals surface area contributed by atoms with E-state index < -0.39 is 0 Å². The first kappa shape index (κ1) is 8.70. The number of halogens is 1. The van der Waals surface area contributed by atoms with Crippen molar-refractivity contribution in [2.45, 2.75) is 19.3 Å². The lowest BCUT2D eigenvalue weighted by Gasteiger charge is -1.99. The summed E-state index contributed by atoms with van der Waals surface area (Å²) in [5.41, 5.74) is 1.32. The maximum Gasteiger partial charge on any atom is 0.173 e. The summed E-state index contributed by atoms with van der Waals surface area (Å²) in [6.07, 6.45) is 5.76. The molecule has 0 fully saturated rings. The fraction of sp³-hybridized carbons (Fsp3) is 0.571. The molecule has 0 saturated carbocycles.